The third kappa shape index (κ3) is 2.73. The molecule has 0 radical (unpaired) electrons. The highest BCUT2D eigenvalue weighted by molar-refractivity contribution is 5.22. The van der Waals surface area contributed by atoms with Crippen LogP contribution < -0.4 is 5.32 Å². The molecule has 3 rings (SSSR count). The standard InChI is InChI=1S/C17H23F2N/c1-2-6-20-11-17(9-13-7-14(13)10-17)8-12-4-3-5-15(18)16(12)19/h3-5,13-14,20H,2,6-11H2,1H3. The maximum atomic E-state index is 13.9. The number of nitrogens with one attached hydrogen (secondary N) is 1. The van der Waals surface area contributed by atoms with Crippen molar-refractivity contribution in [1.29, 1.82) is 0 Å². The number of halogens is 2. The van der Waals surface area contributed by atoms with Crippen molar-refractivity contribution in [3.8, 4) is 0 Å². The summed E-state index contributed by atoms with van der Waals surface area (Å²) in [6.07, 6.45) is 5.47. The van der Waals surface area contributed by atoms with Crippen molar-refractivity contribution in [2.45, 2.75) is 39.0 Å². The van der Waals surface area contributed by atoms with Crippen molar-refractivity contribution in [2.75, 3.05) is 13.1 Å². The molecule has 1 N–H and O–H groups in total. The fourth-order valence-electron chi connectivity index (χ4n) is 3.98. The Morgan fingerprint density at radius 3 is 2.70 bits per heavy atom. The molecule has 1 aromatic carbocycles. The Bertz CT molecular complexity index is 476. The highest BCUT2D eigenvalue weighted by Crippen LogP contribution is 2.60. The summed E-state index contributed by atoms with van der Waals surface area (Å²) in [7, 11) is 0. The van der Waals surface area contributed by atoms with Gasteiger partial charge < -0.3 is 5.32 Å². The molecule has 1 nitrogen and oxygen atoms in total. The lowest BCUT2D eigenvalue weighted by atomic mass is 9.77. The summed E-state index contributed by atoms with van der Waals surface area (Å²) in [5.41, 5.74) is 0.682. The minimum Gasteiger partial charge on any atom is -0.316 e. The van der Waals surface area contributed by atoms with Gasteiger partial charge in [0.1, 0.15) is 0 Å². The molecule has 20 heavy (non-hydrogen) atoms. The lowest BCUT2D eigenvalue weighted by Gasteiger charge is -2.32. The van der Waals surface area contributed by atoms with Crippen molar-refractivity contribution in [1.82, 2.24) is 5.32 Å². The Hall–Kier alpha value is -0.960. The zero-order chi connectivity index (χ0) is 14.2. The van der Waals surface area contributed by atoms with Gasteiger partial charge in [-0.25, -0.2) is 8.78 Å². The van der Waals surface area contributed by atoms with Gasteiger partial charge in [-0.15, -0.1) is 0 Å². The van der Waals surface area contributed by atoms with Crippen molar-refractivity contribution in [2.24, 2.45) is 17.3 Å². The first-order chi connectivity index (χ1) is 9.63. The summed E-state index contributed by atoms with van der Waals surface area (Å²) < 4.78 is 27.3. The Balaban J connectivity index is 1.74. The molecule has 0 saturated heterocycles. The Kier molecular flexibility index (Phi) is 3.80. The van der Waals surface area contributed by atoms with E-state index in [0.717, 1.165) is 31.3 Å². The zero-order valence-corrected chi connectivity index (χ0v) is 12.1. The summed E-state index contributed by atoms with van der Waals surface area (Å²) in [5, 5.41) is 3.50. The third-order valence-electron chi connectivity index (χ3n) is 4.98. The average molecular weight is 279 g/mol. The molecule has 0 aliphatic heterocycles. The van der Waals surface area contributed by atoms with E-state index in [-0.39, 0.29) is 5.41 Å². The average Bonchev–Trinajstić information content (AvgIpc) is 3.04. The van der Waals surface area contributed by atoms with Crippen LogP contribution in [0.2, 0.25) is 0 Å². The first-order valence-electron chi connectivity index (χ1n) is 7.77. The molecule has 1 aromatic rings. The predicted octanol–water partition coefficient (Wildman–Crippen LogP) is 3.92. The van der Waals surface area contributed by atoms with Crippen LogP contribution in [0.4, 0.5) is 8.78 Å². The molecule has 0 bridgehead atoms. The molecular formula is C17H23F2N. The van der Waals surface area contributed by atoms with E-state index in [1.54, 1.807) is 12.1 Å². The molecule has 0 heterocycles. The van der Waals surface area contributed by atoms with E-state index in [1.165, 1.54) is 25.3 Å². The van der Waals surface area contributed by atoms with E-state index in [2.05, 4.69) is 12.2 Å². The van der Waals surface area contributed by atoms with Crippen LogP contribution in [0, 0.1) is 28.9 Å². The molecule has 0 aromatic heterocycles. The summed E-state index contributed by atoms with van der Waals surface area (Å²) in [6, 6.07) is 4.56. The number of benzene rings is 1. The first kappa shape index (κ1) is 14.0. The van der Waals surface area contributed by atoms with Gasteiger partial charge in [0.05, 0.1) is 0 Å². The van der Waals surface area contributed by atoms with Crippen LogP contribution in [0.1, 0.15) is 38.2 Å². The molecule has 2 fully saturated rings. The van der Waals surface area contributed by atoms with Crippen LogP contribution in [0.5, 0.6) is 0 Å². The van der Waals surface area contributed by atoms with Gasteiger partial charge in [0.2, 0.25) is 0 Å². The molecule has 2 unspecified atom stereocenters. The maximum Gasteiger partial charge on any atom is 0.162 e. The smallest absolute Gasteiger partial charge is 0.162 e. The van der Waals surface area contributed by atoms with Crippen molar-refractivity contribution in [3.63, 3.8) is 0 Å². The van der Waals surface area contributed by atoms with E-state index in [9.17, 15) is 8.78 Å². The Morgan fingerprint density at radius 1 is 1.25 bits per heavy atom. The van der Waals surface area contributed by atoms with Gasteiger partial charge in [0, 0.05) is 6.54 Å². The van der Waals surface area contributed by atoms with Gasteiger partial charge in [-0.05, 0) is 67.5 Å². The van der Waals surface area contributed by atoms with Crippen LogP contribution >= 0.6 is 0 Å². The zero-order valence-electron chi connectivity index (χ0n) is 12.1. The van der Waals surface area contributed by atoms with Crippen molar-refractivity contribution < 1.29 is 8.78 Å². The Labute approximate surface area is 119 Å². The highest BCUT2D eigenvalue weighted by atomic mass is 19.2. The van der Waals surface area contributed by atoms with Crippen LogP contribution in [0.15, 0.2) is 18.2 Å². The van der Waals surface area contributed by atoms with Crippen molar-refractivity contribution >= 4 is 0 Å². The van der Waals surface area contributed by atoms with E-state index < -0.39 is 11.6 Å². The van der Waals surface area contributed by atoms with Crippen LogP contribution in [-0.4, -0.2) is 13.1 Å². The van der Waals surface area contributed by atoms with Crippen LogP contribution in [0.3, 0.4) is 0 Å². The van der Waals surface area contributed by atoms with Gasteiger partial charge in [-0.1, -0.05) is 19.1 Å². The monoisotopic (exact) mass is 279 g/mol. The maximum absolute atomic E-state index is 13.9. The molecule has 2 saturated carbocycles. The second-order valence-corrected chi connectivity index (χ2v) is 6.73. The third-order valence-corrected chi connectivity index (χ3v) is 4.98. The lowest BCUT2D eigenvalue weighted by Crippen LogP contribution is -2.36. The number of hydrogen-bond donors (Lipinski definition) is 1. The molecule has 2 aliphatic rings. The molecule has 110 valence electrons. The van der Waals surface area contributed by atoms with E-state index >= 15 is 0 Å². The molecule has 0 amide bonds. The second kappa shape index (κ2) is 5.44. The number of hydrogen-bond acceptors (Lipinski definition) is 1. The SMILES string of the molecule is CCCNCC1(Cc2cccc(F)c2F)CC2CC2C1. The number of fused-ring (bicyclic) bond motifs is 1. The minimum absolute atomic E-state index is 0.136. The van der Waals surface area contributed by atoms with Gasteiger partial charge in [0.15, 0.2) is 11.6 Å². The summed E-state index contributed by atoms with van der Waals surface area (Å²) in [5.74, 6) is 0.315. The normalized spacial score (nSPS) is 31.4. The fraction of sp³-hybridized carbons (Fsp3) is 0.647. The second-order valence-electron chi connectivity index (χ2n) is 6.73. The van der Waals surface area contributed by atoms with Crippen molar-refractivity contribution in [3.05, 3.63) is 35.4 Å². The number of rotatable bonds is 6. The van der Waals surface area contributed by atoms with Crippen LogP contribution in [-0.2, 0) is 6.42 Å². The summed E-state index contributed by atoms with van der Waals surface area (Å²) in [4.78, 5) is 0. The largest absolute Gasteiger partial charge is 0.316 e. The summed E-state index contributed by atoms with van der Waals surface area (Å²) in [6.45, 7) is 4.09. The van der Waals surface area contributed by atoms with Gasteiger partial charge in [-0.2, -0.15) is 0 Å². The summed E-state index contributed by atoms with van der Waals surface area (Å²) >= 11 is 0. The topological polar surface area (TPSA) is 12.0 Å². The fourth-order valence-corrected chi connectivity index (χ4v) is 3.98. The van der Waals surface area contributed by atoms with E-state index in [1.807, 2.05) is 0 Å². The molecule has 3 heteroatoms. The molecular weight excluding hydrogens is 256 g/mol. The quantitative estimate of drug-likeness (QED) is 0.778. The lowest BCUT2D eigenvalue weighted by molar-refractivity contribution is 0.245. The molecule has 0 spiro atoms. The van der Waals surface area contributed by atoms with E-state index in [4.69, 9.17) is 0 Å². The highest BCUT2D eigenvalue weighted by Gasteiger charge is 2.53. The molecule has 2 aliphatic carbocycles. The van der Waals surface area contributed by atoms with Gasteiger partial charge >= 0.3 is 0 Å². The minimum atomic E-state index is -0.720. The predicted molar refractivity (Wildman–Crippen MR) is 76.5 cm³/mol. The van der Waals surface area contributed by atoms with Gasteiger partial charge in [0.25, 0.3) is 0 Å². The Morgan fingerprint density at radius 2 is 2.00 bits per heavy atom. The van der Waals surface area contributed by atoms with E-state index in [0.29, 0.717) is 12.0 Å². The molecule has 2 atom stereocenters. The first-order valence-corrected chi connectivity index (χ1v) is 7.77. The van der Waals surface area contributed by atoms with Crippen LogP contribution in [0.25, 0.3) is 0 Å². The van der Waals surface area contributed by atoms with Gasteiger partial charge in [-0.3, -0.25) is 0 Å².